The molecule has 1 heterocycles. The van der Waals surface area contributed by atoms with Crippen LogP contribution in [-0.2, 0) is 0 Å². The first-order chi connectivity index (χ1) is 11.5. The zero-order chi connectivity index (χ0) is 17.3. The number of H-pyrrole nitrogens is 1. The van der Waals surface area contributed by atoms with E-state index in [2.05, 4.69) is 20.5 Å². The second kappa shape index (κ2) is 6.46. The standard InChI is InChI=1S/C15H10Cl2FN5O/c16-7-4-8(13(19)9(17)5-7)15(24)22-11-3-1-2-10(18)12(11)14-20-6-21-23-14/h1-6H,19H2,(H,22,24)(H,20,21,23). The maximum atomic E-state index is 14.2. The lowest BCUT2D eigenvalue weighted by Gasteiger charge is -2.12. The molecular formula is C15H10Cl2FN5O. The SMILES string of the molecule is Nc1c(Cl)cc(Cl)cc1C(=O)Nc1cccc(F)c1-c1ncn[nH]1. The van der Waals surface area contributed by atoms with Gasteiger partial charge in [0.1, 0.15) is 12.1 Å². The number of amides is 1. The molecule has 4 N–H and O–H groups in total. The summed E-state index contributed by atoms with van der Waals surface area (Å²) in [4.78, 5) is 16.4. The minimum absolute atomic E-state index is 0.0787. The molecule has 1 aromatic heterocycles. The zero-order valence-electron chi connectivity index (χ0n) is 12.0. The summed E-state index contributed by atoms with van der Waals surface area (Å²) in [5.74, 6) is -0.967. The zero-order valence-corrected chi connectivity index (χ0v) is 13.5. The van der Waals surface area contributed by atoms with E-state index < -0.39 is 11.7 Å². The normalized spacial score (nSPS) is 10.6. The Morgan fingerprint density at radius 2 is 2.08 bits per heavy atom. The number of aromatic amines is 1. The molecule has 0 bridgehead atoms. The molecule has 0 atom stereocenters. The fourth-order valence-corrected chi connectivity index (χ4v) is 2.65. The van der Waals surface area contributed by atoms with E-state index >= 15 is 0 Å². The fraction of sp³-hybridized carbons (Fsp3) is 0. The predicted octanol–water partition coefficient (Wildman–Crippen LogP) is 3.75. The Kier molecular flexibility index (Phi) is 4.37. The number of anilines is 2. The highest BCUT2D eigenvalue weighted by Gasteiger charge is 2.18. The van der Waals surface area contributed by atoms with E-state index in [1.807, 2.05) is 0 Å². The summed E-state index contributed by atoms with van der Waals surface area (Å²) in [6.45, 7) is 0. The second-order valence-corrected chi connectivity index (χ2v) is 5.64. The highest BCUT2D eigenvalue weighted by atomic mass is 35.5. The van der Waals surface area contributed by atoms with Gasteiger partial charge in [-0.1, -0.05) is 29.3 Å². The van der Waals surface area contributed by atoms with Crippen molar-refractivity contribution < 1.29 is 9.18 Å². The summed E-state index contributed by atoms with van der Waals surface area (Å²) >= 11 is 11.8. The molecule has 0 saturated heterocycles. The van der Waals surface area contributed by atoms with Crippen LogP contribution in [0.2, 0.25) is 10.0 Å². The van der Waals surface area contributed by atoms with Crippen molar-refractivity contribution in [3.63, 3.8) is 0 Å². The van der Waals surface area contributed by atoms with Gasteiger partial charge in [-0.2, -0.15) is 5.10 Å². The Morgan fingerprint density at radius 3 is 2.79 bits per heavy atom. The van der Waals surface area contributed by atoms with Crippen LogP contribution in [-0.4, -0.2) is 21.1 Å². The third kappa shape index (κ3) is 3.04. The lowest BCUT2D eigenvalue weighted by atomic mass is 10.1. The quantitative estimate of drug-likeness (QED) is 0.615. The van der Waals surface area contributed by atoms with E-state index in [4.69, 9.17) is 28.9 Å². The average molecular weight is 366 g/mol. The van der Waals surface area contributed by atoms with Crippen LogP contribution in [0.3, 0.4) is 0 Å². The molecule has 24 heavy (non-hydrogen) atoms. The molecule has 0 aliphatic heterocycles. The van der Waals surface area contributed by atoms with Crippen molar-refractivity contribution in [2.75, 3.05) is 11.1 Å². The Hall–Kier alpha value is -2.64. The van der Waals surface area contributed by atoms with Crippen LogP contribution < -0.4 is 11.1 Å². The first-order valence-corrected chi connectivity index (χ1v) is 7.43. The van der Waals surface area contributed by atoms with Gasteiger partial charge in [0.05, 0.1) is 27.5 Å². The molecule has 0 aliphatic rings. The Labute approximate surface area is 145 Å². The number of hydrogen-bond acceptors (Lipinski definition) is 4. The van der Waals surface area contributed by atoms with Crippen LogP contribution >= 0.6 is 23.2 Å². The number of aromatic nitrogens is 3. The minimum atomic E-state index is -0.580. The number of hydrogen-bond donors (Lipinski definition) is 3. The van der Waals surface area contributed by atoms with E-state index in [0.717, 1.165) is 0 Å². The summed E-state index contributed by atoms with van der Waals surface area (Å²) in [6, 6.07) is 7.04. The summed E-state index contributed by atoms with van der Waals surface area (Å²) in [6.07, 6.45) is 1.24. The van der Waals surface area contributed by atoms with Crippen LogP contribution in [0.5, 0.6) is 0 Å². The van der Waals surface area contributed by atoms with Crippen LogP contribution in [0, 0.1) is 5.82 Å². The number of rotatable bonds is 3. The molecule has 0 spiro atoms. The highest BCUT2D eigenvalue weighted by molar-refractivity contribution is 6.37. The predicted molar refractivity (Wildman–Crippen MR) is 90.6 cm³/mol. The van der Waals surface area contributed by atoms with Crippen LogP contribution in [0.1, 0.15) is 10.4 Å². The van der Waals surface area contributed by atoms with Gasteiger partial charge in [0, 0.05) is 5.02 Å². The molecule has 3 aromatic rings. The van der Waals surface area contributed by atoms with Crippen molar-refractivity contribution in [3.8, 4) is 11.4 Å². The first-order valence-electron chi connectivity index (χ1n) is 6.67. The number of nitrogens with one attached hydrogen (secondary N) is 2. The molecule has 2 aromatic carbocycles. The van der Waals surface area contributed by atoms with Crippen LogP contribution in [0.25, 0.3) is 11.4 Å². The first kappa shape index (κ1) is 16.2. The fourth-order valence-electron chi connectivity index (χ4n) is 2.16. The number of nitrogens with zero attached hydrogens (tertiary/aromatic N) is 2. The van der Waals surface area contributed by atoms with Gasteiger partial charge in [0.2, 0.25) is 0 Å². The van der Waals surface area contributed by atoms with E-state index in [1.165, 1.54) is 36.7 Å². The molecule has 9 heteroatoms. The Bertz CT molecular complexity index is 914. The summed E-state index contributed by atoms with van der Waals surface area (Å²) in [5.41, 5.74) is 6.26. The van der Waals surface area contributed by atoms with Crippen molar-refractivity contribution in [3.05, 3.63) is 58.1 Å². The monoisotopic (exact) mass is 365 g/mol. The summed E-state index contributed by atoms with van der Waals surface area (Å²) < 4.78 is 14.2. The van der Waals surface area contributed by atoms with Gasteiger partial charge in [0.15, 0.2) is 5.82 Å². The van der Waals surface area contributed by atoms with E-state index in [1.54, 1.807) is 0 Å². The molecular weight excluding hydrogens is 356 g/mol. The molecule has 0 unspecified atom stereocenters. The number of halogens is 3. The molecule has 122 valence electrons. The number of nitrogen functional groups attached to an aromatic ring is 1. The third-order valence-corrected chi connectivity index (χ3v) is 3.78. The van der Waals surface area contributed by atoms with Gasteiger partial charge in [-0.15, -0.1) is 0 Å². The van der Waals surface area contributed by atoms with Crippen molar-refractivity contribution in [1.29, 1.82) is 0 Å². The molecule has 0 radical (unpaired) electrons. The lowest BCUT2D eigenvalue weighted by Crippen LogP contribution is -2.15. The smallest absolute Gasteiger partial charge is 0.257 e. The maximum absolute atomic E-state index is 14.2. The van der Waals surface area contributed by atoms with Crippen molar-refractivity contribution in [2.45, 2.75) is 0 Å². The minimum Gasteiger partial charge on any atom is -0.397 e. The van der Waals surface area contributed by atoms with Gasteiger partial charge in [-0.05, 0) is 24.3 Å². The van der Waals surface area contributed by atoms with E-state index in [0.29, 0.717) is 0 Å². The second-order valence-electron chi connectivity index (χ2n) is 4.80. The molecule has 3 rings (SSSR count). The van der Waals surface area contributed by atoms with Crippen molar-refractivity contribution in [1.82, 2.24) is 15.2 Å². The average Bonchev–Trinajstić information content (AvgIpc) is 3.04. The third-order valence-electron chi connectivity index (χ3n) is 3.25. The van der Waals surface area contributed by atoms with Gasteiger partial charge in [-0.25, -0.2) is 9.37 Å². The van der Waals surface area contributed by atoms with Crippen LogP contribution in [0.4, 0.5) is 15.8 Å². The summed E-state index contributed by atoms with van der Waals surface area (Å²) in [5, 5.41) is 9.24. The van der Waals surface area contributed by atoms with Gasteiger partial charge in [0.25, 0.3) is 5.91 Å². The molecule has 0 fully saturated rings. The molecule has 0 aliphatic carbocycles. The lowest BCUT2D eigenvalue weighted by molar-refractivity contribution is 0.102. The van der Waals surface area contributed by atoms with E-state index in [9.17, 15) is 9.18 Å². The Morgan fingerprint density at radius 1 is 1.29 bits per heavy atom. The van der Waals surface area contributed by atoms with Crippen molar-refractivity contribution in [2.24, 2.45) is 0 Å². The summed E-state index contributed by atoms with van der Waals surface area (Å²) in [7, 11) is 0. The Balaban J connectivity index is 2.01. The largest absolute Gasteiger partial charge is 0.397 e. The number of benzene rings is 2. The number of carbonyl (C=O) groups excluding carboxylic acids is 1. The van der Waals surface area contributed by atoms with Gasteiger partial charge in [-0.3, -0.25) is 9.89 Å². The molecule has 0 saturated carbocycles. The molecule has 6 nitrogen and oxygen atoms in total. The van der Waals surface area contributed by atoms with Crippen molar-refractivity contribution >= 4 is 40.5 Å². The topological polar surface area (TPSA) is 96.7 Å². The highest BCUT2D eigenvalue weighted by Crippen LogP contribution is 2.31. The number of carbonyl (C=O) groups is 1. The maximum Gasteiger partial charge on any atom is 0.257 e. The van der Waals surface area contributed by atoms with Crippen LogP contribution in [0.15, 0.2) is 36.7 Å². The van der Waals surface area contributed by atoms with Gasteiger partial charge < -0.3 is 11.1 Å². The molecule has 1 amide bonds. The number of nitrogens with two attached hydrogens (primary N) is 1. The van der Waals surface area contributed by atoms with Gasteiger partial charge >= 0.3 is 0 Å². The van der Waals surface area contributed by atoms with E-state index in [-0.39, 0.29) is 38.4 Å².